The molecule has 0 radical (unpaired) electrons. The zero-order valence-electron chi connectivity index (χ0n) is 13.4. The van der Waals surface area contributed by atoms with Gasteiger partial charge in [-0.2, -0.15) is 9.61 Å². The van der Waals surface area contributed by atoms with Gasteiger partial charge in [0.25, 0.3) is 11.3 Å². The minimum atomic E-state index is -0.514. The summed E-state index contributed by atoms with van der Waals surface area (Å²) in [4.78, 5) is 22.7. The topological polar surface area (TPSA) is 104 Å². The lowest BCUT2D eigenvalue weighted by molar-refractivity contribution is 0.166. The lowest BCUT2D eigenvalue weighted by atomic mass is 10.2. The minimum absolute atomic E-state index is 0.164. The molecule has 4 heterocycles. The van der Waals surface area contributed by atoms with E-state index in [9.17, 15) is 9.90 Å². The van der Waals surface area contributed by atoms with E-state index in [2.05, 4.69) is 25.1 Å². The molecule has 0 unspecified atom stereocenters. The van der Waals surface area contributed by atoms with E-state index in [4.69, 9.17) is 0 Å². The largest absolute Gasteiger partial charge is 0.387 e. The van der Waals surface area contributed by atoms with E-state index in [0.717, 1.165) is 24.5 Å². The first-order chi connectivity index (χ1) is 11.6. The van der Waals surface area contributed by atoms with Gasteiger partial charge in [0, 0.05) is 25.7 Å². The zero-order valence-corrected chi connectivity index (χ0v) is 13.4. The fourth-order valence-electron chi connectivity index (χ4n) is 3.03. The summed E-state index contributed by atoms with van der Waals surface area (Å²) < 4.78 is 3.26. The van der Waals surface area contributed by atoms with Crippen molar-refractivity contribution in [1.82, 2.24) is 34.3 Å². The molecule has 0 amide bonds. The molecule has 9 heteroatoms. The van der Waals surface area contributed by atoms with E-state index < -0.39 is 6.10 Å². The highest BCUT2D eigenvalue weighted by atomic mass is 16.3. The van der Waals surface area contributed by atoms with E-state index in [1.54, 1.807) is 0 Å². The number of nitrogens with one attached hydrogen (secondary N) is 1. The fourth-order valence-corrected chi connectivity index (χ4v) is 3.03. The van der Waals surface area contributed by atoms with Crippen molar-refractivity contribution < 1.29 is 5.11 Å². The van der Waals surface area contributed by atoms with Gasteiger partial charge in [-0.1, -0.05) is 6.92 Å². The Bertz CT molecular complexity index is 925. The number of aliphatic hydroxyl groups excluding tert-OH is 1. The summed E-state index contributed by atoms with van der Waals surface area (Å²) in [7, 11) is 0. The van der Waals surface area contributed by atoms with Crippen molar-refractivity contribution in [3.63, 3.8) is 0 Å². The molecule has 0 aromatic carbocycles. The van der Waals surface area contributed by atoms with Crippen LogP contribution in [0.15, 0.2) is 23.3 Å². The maximum absolute atomic E-state index is 12.0. The summed E-state index contributed by atoms with van der Waals surface area (Å²) in [6.07, 6.45) is 1.59. The maximum atomic E-state index is 12.0. The smallest absolute Gasteiger partial charge is 0.274 e. The number of hydrogen-bond acceptors (Lipinski definition) is 6. The van der Waals surface area contributed by atoms with Crippen LogP contribution in [-0.2, 0) is 19.6 Å². The lowest BCUT2D eigenvalue weighted by Crippen LogP contribution is -2.34. The molecular weight excluding hydrogens is 310 g/mol. The number of fused-ring (bicyclic) bond motifs is 2. The van der Waals surface area contributed by atoms with Crippen molar-refractivity contribution in [2.45, 2.75) is 39.1 Å². The second kappa shape index (κ2) is 5.84. The van der Waals surface area contributed by atoms with Gasteiger partial charge < -0.3 is 5.11 Å². The van der Waals surface area contributed by atoms with E-state index >= 15 is 0 Å². The van der Waals surface area contributed by atoms with Crippen LogP contribution in [0.3, 0.4) is 0 Å². The first-order valence-electron chi connectivity index (χ1n) is 8.03. The van der Waals surface area contributed by atoms with Crippen LogP contribution in [-0.4, -0.2) is 45.9 Å². The van der Waals surface area contributed by atoms with Gasteiger partial charge in [0.05, 0.1) is 29.7 Å². The van der Waals surface area contributed by atoms with Crippen molar-refractivity contribution in [2.75, 3.05) is 6.54 Å². The van der Waals surface area contributed by atoms with Crippen molar-refractivity contribution in [3.05, 3.63) is 45.9 Å². The number of H-pyrrole nitrogens is 1. The second-order valence-electron chi connectivity index (χ2n) is 6.03. The summed E-state index contributed by atoms with van der Waals surface area (Å²) >= 11 is 0. The summed E-state index contributed by atoms with van der Waals surface area (Å²) in [6.45, 7) is 4.80. The van der Waals surface area contributed by atoms with E-state index in [-0.39, 0.29) is 5.56 Å². The molecule has 1 atom stereocenters. The van der Waals surface area contributed by atoms with Crippen LogP contribution >= 0.6 is 0 Å². The summed E-state index contributed by atoms with van der Waals surface area (Å²) in [5, 5.41) is 17.1. The first kappa shape index (κ1) is 15.0. The predicted octanol–water partition coefficient (Wildman–Crippen LogP) is 0.0733. The van der Waals surface area contributed by atoms with Gasteiger partial charge in [-0.25, -0.2) is 9.97 Å². The Labute approximate surface area is 137 Å². The summed E-state index contributed by atoms with van der Waals surface area (Å²) in [5.74, 6) is 0.382. The van der Waals surface area contributed by atoms with Crippen molar-refractivity contribution in [2.24, 2.45) is 0 Å². The van der Waals surface area contributed by atoms with Crippen LogP contribution in [0.4, 0.5) is 0 Å². The van der Waals surface area contributed by atoms with Crippen molar-refractivity contribution >= 4 is 5.78 Å². The fraction of sp³-hybridized carbons (Fsp3) is 0.467. The summed E-state index contributed by atoms with van der Waals surface area (Å²) in [5.41, 5.74) is 2.33. The third kappa shape index (κ3) is 2.61. The van der Waals surface area contributed by atoms with Crippen LogP contribution in [0, 0.1) is 0 Å². The lowest BCUT2D eigenvalue weighted by Gasteiger charge is -2.26. The quantitative estimate of drug-likeness (QED) is 0.702. The molecule has 3 aromatic heterocycles. The Hall–Kier alpha value is -2.52. The third-order valence-electron chi connectivity index (χ3n) is 4.33. The highest BCUT2D eigenvalue weighted by Gasteiger charge is 2.21. The third-order valence-corrected chi connectivity index (χ3v) is 4.33. The molecule has 1 aliphatic heterocycles. The van der Waals surface area contributed by atoms with Crippen LogP contribution in [0.1, 0.15) is 36.5 Å². The molecule has 1 aliphatic rings. The van der Waals surface area contributed by atoms with Gasteiger partial charge in [0.2, 0.25) is 0 Å². The number of rotatable bonds is 4. The number of aromatic amines is 1. The first-order valence-corrected chi connectivity index (χ1v) is 8.03. The monoisotopic (exact) mass is 329 g/mol. The Morgan fingerprint density at radius 3 is 3.08 bits per heavy atom. The Morgan fingerprint density at radius 1 is 1.38 bits per heavy atom. The highest BCUT2D eigenvalue weighted by molar-refractivity contribution is 5.26. The number of aliphatic hydroxyl groups is 1. The molecule has 0 bridgehead atoms. The van der Waals surface area contributed by atoms with Gasteiger partial charge in [0.15, 0.2) is 0 Å². The van der Waals surface area contributed by atoms with Gasteiger partial charge in [0.1, 0.15) is 6.33 Å². The van der Waals surface area contributed by atoms with Crippen molar-refractivity contribution in [3.8, 4) is 0 Å². The molecule has 126 valence electrons. The molecule has 0 aliphatic carbocycles. The standard InChI is InChI=1S/C15H19N7O2/c1-2-13(23)12-6-11-8-20(3-4-21(11)19-12)7-10-5-14(24)22-15(18-10)16-9-17-22/h5-6,9,13,23H,2-4,7-8H2,1H3,(H,16,17,18)/t13-/m0/s1. The van der Waals surface area contributed by atoms with E-state index in [1.807, 2.05) is 17.7 Å². The van der Waals surface area contributed by atoms with E-state index in [1.165, 1.54) is 16.9 Å². The molecule has 4 rings (SSSR count). The van der Waals surface area contributed by atoms with Crippen molar-refractivity contribution in [1.29, 1.82) is 0 Å². The van der Waals surface area contributed by atoms with Gasteiger partial charge in [-0.3, -0.25) is 19.5 Å². The number of nitrogens with zero attached hydrogens (tertiary/aromatic N) is 6. The second-order valence-corrected chi connectivity index (χ2v) is 6.03. The molecule has 0 saturated carbocycles. The molecule has 9 nitrogen and oxygen atoms in total. The van der Waals surface area contributed by atoms with Gasteiger partial charge in [-0.15, -0.1) is 0 Å². The molecular formula is C15H19N7O2. The SMILES string of the molecule is CC[C@H](O)c1cc2n(n1)CCN(Cc1cc(=O)n3[nH]cnc3n1)C2. The minimum Gasteiger partial charge on any atom is -0.387 e. The average Bonchev–Trinajstić information content (AvgIpc) is 3.20. The average molecular weight is 329 g/mol. The Kier molecular flexibility index (Phi) is 3.66. The molecule has 0 spiro atoms. The predicted molar refractivity (Wildman–Crippen MR) is 85.2 cm³/mol. The van der Waals surface area contributed by atoms with Gasteiger partial charge in [-0.05, 0) is 12.5 Å². The number of hydrogen-bond donors (Lipinski definition) is 2. The van der Waals surface area contributed by atoms with Gasteiger partial charge >= 0.3 is 0 Å². The summed E-state index contributed by atoms with van der Waals surface area (Å²) in [6, 6.07) is 3.49. The molecule has 24 heavy (non-hydrogen) atoms. The van der Waals surface area contributed by atoms with Crippen LogP contribution < -0.4 is 5.56 Å². The molecule has 0 fully saturated rings. The maximum Gasteiger partial charge on any atom is 0.274 e. The molecule has 2 N–H and O–H groups in total. The van der Waals surface area contributed by atoms with Crippen LogP contribution in [0.25, 0.3) is 5.78 Å². The van der Waals surface area contributed by atoms with Crippen LogP contribution in [0.2, 0.25) is 0 Å². The Balaban J connectivity index is 1.53. The zero-order chi connectivity index (χ0) is 16.7. The highest BCUT2D eigenvalue weighted by Crippen LogP contribution is 2.20. The molecule has 0 saturated heterocycles. The van der Waals surface area contributed by atoms with Crippen LogP contribution in [0.5, 0.6) is 0 Å². The number of aromatic nitrogens is 6. The Morgan fingerprint density at radius 2 is 2.25 bits per heavy atom. The normalized spacial score (nSPS) is 16.4. The van der Waals surface area contributed by atoms with E-state index in [0.29, 0.717) is 31.0 Å². The molecule has 3 aromatic rings.